The average Bonchev–Trinajstić information content (AvgIpc) is 1.15. The minimum absolute atomic E-state index is 0.0117. The van der Waals surface area contributed by atoms with E-state index in [0.29, 0.717) is 37.2 Å². The summed E-state index contributed by atoms with van der Waals surface area (Å²) in [7, 11) is 2.87. The number of fused-ring (bicyclic) bond motifs is 3. The maximum atomic E-state index is 15.9. The van der Waals surface area contributed by atoms with Crippen molar-refractivity contribution < 1.29 is 62.2 Å². The molecule has 2 saturated heterocycles. The summed E-state index contributed by atoms with van der Waals surface area (Å²) < 4.78 is 9.93. The van der Waals surface area contributed by atoms with E-state index in [1.165, 1.54) is 73.8 Å². The van der Waals surface area contributed by atoms with Crippen LogP contribution in [0.15, 0.2) is 91.0 Å². The SMILES string of the molecule is CC(C(=O)N[C@H](C(=O)N1Cc2cc(NC(=O)c3ccc(C(=O)NC4CC(C(=O)N[C@@H]5CCCc6ccccc65)N(C(=O)C(NC(=O)[C@H](C)N(C)C(=O)OC(C)(C)C)C(C)(C)C)C4)cc3)ccc2CC1C(=O)N[C@@H]1CCCc2ccccc21)C(C)(C)SCC(=O)N1CCCCC1)N(C)C(=O)OC(C)(C)C. The smallest absolute Gasteiger partial charge is 0.410 e. The molecular weight excluding hydrogens is 1340 g/mol. The Kier molecular flexibility index (Phi) is 25.1. The highest BCUT2D eigenvalue weighted by Gasteiger charge is 2.49. The first-order valence-corrected chi connectivity index (χ1v) is 37.5. The van der Waals surface area contributed by atoms with E-state index >= 15 is 14.4 Å². The normalized spacial score (nSPS) is 20.1. The highest BCUT2D eigenvalue weighted by molar-refractivity contribution is 8.01. The van der Waals surface area contributed by atoms with Crippen LogP contribution in [-0.4, -0.2) is 188 Å². The molecule has 2 fully saturated rings. The van der Waals surface area contributed by atoms with Crippen molar-refractivity contribution in [1.29, 1.82) is 0 Å². The number of amides is 11. The molecule has 9 atom stereocenters. The van der Waals surface area contributed by atoms with Gasteiger partial charge in [0.25, 0.3) is 11.8 Å². The molecule has 25 heteroatoms. The monoisotopic (exact) mass is 1450 g/mol. The largest absolute Gasteiger partial charge is 0.444 e. The van der Waals surface area contributed by atoms with E-state index < -0.39 is 123 Å². The number of likely N-dealkylation sites (N-methyl/N-ethyl adjacent to an activating group) is 2. The third kappa shape index (κ3) is 19.7. The molecule has 0 radical (unpaired) electrons. The molecule has 9 rings (SSSR count). The maximum absolute atomic E-state index is 15.9. The number of aryl methyl sites for hydroxylation is 2. The van der Waals surface area contributed by atoms with E-state index in [4.69, 9.17) is 9.47 Å². The molecule has 2 aliphatic carbocycles. The number of carbonyl (C=O) groups excluding carboxylic acids is 11. The first-order valence-electron chi connectivity index (χ1n) is 36.5. The van der Waals surface area contributed by atoms with Crippen LogP contribution < -0.4 is 31.9 Å². The lowest BCUT2D eigenvalue weighted by atomic mass is 9.85. The number of rotatable bonds is 20. The van der Waals surface area contributed by atoms with Gasteiger partial charge in [-0.2, -0.15) is 0 Å². The fraction of sp³-hybridized carbons (Fsp3) is 0.557. The average molecular weight is 1450 g/mol. The highest BCUT2D eigenvalue weighted by Crippen LogP contribution is 2.37. The van der Waals surface area contributed by atoms with Crippen molar-refractivity contribution in [3.8, 4) is 0 Å². The lowest BCUT2D eigenvalue weighted by Crippen LogP contribution is -2.64. The molecule has 0 saturated carbocycles. The number of nitrogens with one attached hydrogen (secondary N) is 6. The van der Waals surface area contributed by atoms with Gasteiger partial charge in [0.1, 0.15) is 47.5 Å². The fourth-order valence-electron chi connectivity index (χ4n) is 14.1. The molecule has 4 aromatic rings. The Morgan fingerprint density at radius 2 is 1.04 bits per heavy atom. The first-order chi connectivity index (χ1) is 48.9. The lowest BCUT2D eigenvalue weighted by Gasteiger charge is -2.43. The van der Waals surface area contributed by atoms with Crippen molar-refractivity contribution in [3.63, 3.8) is 0 Å². The van der Waals surface area contributed by atoms with Crippen LogP contribution in [0.1, 0.15) is 208 Å². The number of ether oxygens (including phenoxy) is 2. The Morgan fingerprint density at radius 3 is 1.56 bits per heavy atom. The van der Waals surface area contributed by atoms with E-state index in [1.807, 2.05) is 53.4 Å². The summed E-state index contributed by atoms with van der Waals surface area (Å²) in [5.74, 6) is -4.38. The third-order valence-electron chi connectivity index (χ3n) is 20.4. The zero-order valence-electron chi connectivity index (χ0n) is 63.1. The number of nitrogens with zero attached hydrogens (tertiary/aromatic N) is 5. The van der Waals surface area contributed by atoms with Crippen LogP contribution in [-0.2, 0) is 68.8 Å². The second-order valence-electron chi connectivity index (χ2n) is 32.0. The van der Waals surface area contributed by atoms with Crippen LogP contribution in [0, 0.1) is 5.41 Å². The number of anilines is 1. The van der Waals surface area contributed by atoms with Gasteiger partial charge in [0.2, 0.25) is 41.4 Å². The molecule has 3 aliphatic heterocycles. The molecule has 24 nitrogen and oxygen atoms in total. The molecule has 5 aliphatic rings. The van der Waals surface area contributed by atoms with Gasteiger partial charge in [-0.3, -0.25) is 53.0 Å². The Bertz CT molecular complexity index is 3870. The van der Waals surface area contributed by atoms with Gasteiger partial charge in [-0.05, 0) is 209 Å². The Morgan fingerprint density at radius 1 is 0.548 bits per heavy atom. The second-order valence-corrected chi connectivity index (χ2v) is 33.7. The van der Waals surface area contributed by atoms with Gasteiger partial charge in [0.05, 0.1) is 17.8 Å². The molecule has 5 unspecified atom stereocenters. The molecule has 4 aromatic carbocycles. The fourth-order valence-corrected chi connectivity index (χ4v) is 15.1. The molecule has 3 heterocycles. The summed E-state index contributed by atoms with van der Waals surface area (Å²) in [6, 6.07) is 18.9. The maximum Gasteiger partial charge on any atom is 0.410 e. The molecule has 0 aromatic heterocycles. The summed E-state index contributed by atoms with van der Waals surface area (Å²) in [6.07, 6.45) is 6.20. The predicted molar refractivity (Wildman–Crippen MR) is 398 cm³/mol. The van der Waals surface area contributed by atoms with Crippen LogP contribution in [0.5, 0.6) is 0 Å². The van der Waals surface area contributed by atoms with Crippen molar-refractivity contribution in [3.05, 3.63) is 136 Å². The van der Waals surface area contributed by atoms with Crippen molar-refractivity contribution in [2.75, 3.05) is 44.8 Å². The Balaban J connectivity index is 0.938. The summed E-state index contributed by atoms with van der Waals surface area (Å²) in [5, 5.41) is 18.4. The minimum Gasteiger partial charge on any atom is -0.444 e. The standard InChI is InChI=1S/C79H107N11O13S/c1-47(86(14)74(100)102-77(6,7)8)66(92)84-64(76(3,4)5)72(98)90-45-56(43-62(90)71(97)83-60-32-24-28-50-26-18-20-30-58(50)60)81-69(95)52-35-33-51(34-36-52)68(94)80-55-38-37-53-42-61(70(96)82-59-31-23-27-49-25-17-19-29-57(49)59)89(44-54(53)41-55)73(99)65(79(12,13)104-46-63(91)88-39-21-16-22-40-88)85-67(93)48(2)87(15)75(101)103-78(9,10)11/h17-20,25-26,29-30,33-38,41,47-48,56,59-62,64-65H,16,21-24,27-28,31-32,39-40,42-46H2,1-15H3,(H,80,94)(H,81,95)(H,82,96)(H,83,97)(H,84,92)(H,85,93)/t47-,48?,56?,59+,60+,61?,62?,64?,65+/m0/s1. The van der Waals surface area contributed by atoms with Crippen molar-refractivity contribution in [1.82, 2.24) is 51.1 Å². The van der Waals surface area contributed by atoms with Crippen molar-refractivity contribution in [2.45, 2.75) is 238 Å². The number of piperidine rings is 1. The summed E-state index contributed by atoms with van der Waals surface area (Å²) in [6.45, 7) is 23.3. The zero-order chi connectivity index (χ0) is 75.9. The summed E-state index contributed by atoms with van der Waals surface area (Å²) in [4.78, 5) is 165. The van der Waals surface area contributed by atoms with Gasteiger partial charge < -0.3 is 56.1 Å². The quantitative estimate of drug-likeness (QED) is 0.0481. The molecule has 11 amide bonds. The van der Waals surface area contributed by atoms with Crippen LogP contribution in [0.2, 0.25) is 0 Å². The molecule has 104 heavy (non-hydrogen) atoms. The number of benzene rings is 4. The van der Waals surface area contributed by atoms with Crippen LogP contribution in [0.25, 0.3) is 0 Å². The van der Waals surface area contributed by atoms with Crippen molar-refractivity contribution >= 4 is 82.8 Å². The predicted octanol–water partition coefficient (Wildman–Crippen LogP) is 9.33. The summed E-state index contributed by atoms with van der Waals surface area (Å²) in [5.41, 5.74) is 3.77. The Hall–Kier alpha value is -9.00. The molecule has 6 N–H and O–H groups in total. The zero-order valence-corrected chi connectivity index (χ0v) is 63.9. The second kappa shape index (κ2) is 33.0. The van der Waals surface area contributed by atoms with E-state index in [9.17, 15) is 38.4 Å². The lowest BCUT2D eigenvalue weighted by molar-refractivity contribution is -0.145. The number of hydrogen-bond donors (Lipinski definition) is 6. The number of likely N-dealkylation sites (tertiary alicyclic amines) is 2. The highest BCUT2D eigenvalue weighted by atomic mass is 32.2. The van der Waals surface area contributed by atoms with Gasteiger partial charge in [0, 0.05) is 74.3 Å². The molecular formula is C79H107N11O13S. The van der Waals surface area contributed by atoms with Crippen LogP contribution in [0.3, 0.4) is 0 Å². The number of hydrogen-bond acceptors (Lipinski definition) is 14. The van der Waals surface area contributed by atoms with E-state index in [2.05, 4.69) is 38.0 Å². The number of carbonyl (C=O) groups is 11. The van der Waals surface area contributed by atoms with Gasteiger partial charge in [-0.1, -0.05) is 75.4 Å². The van der Waals surface area contributed by atoms with E-state index in [0.717, 1.165) is 82.6 Å². The van der Waals surface area contributed by atoms with Gasteiger partial charge in [0.15, 0.2) is 0 Å². The minimum atomic E-state index is -1.35. The first kappa shape index (κ1) is 79.1. The summed E-state index contributed by atoms with van der Waals surface area (Å²) >= 11 is 1.22. The van der Waals surface area contributed by atoms with Crippen molar-refractivity contribution in [2.24, 2.45) is 5.41 Å². The van der Waals surface area contributed by atoms with Crippen LogP contribution in [0.4, 0.5) is 15.3 Å². The van der Waals surface area contributed by atoms with Crippen LogP contribution >= 0.6 is 11.8 Å². The van der Waals surface area contributed by atoms with E-state index in [1.54, 1.807) is 88.3 Å². The van der Waals surface area contributed by atoms with Gasteiger partial charge in [-0.15, -0.1) is 11.8 Å². The third-order valence-corrected chi connectivity index (χ3v) is 21.7. The molecule has 0 bridgehead atoms. The topological polar surface area (TPSA) is 295 Å². The number of thioether (sulfide) groups is 1. The molecule has 562 valence electrons. The molecule has 0 spiro atoms. The van der Waals surface area contributed by atoms with Gasteiger partial charge >= 0.3 is 12.2 Å². The Labute approximate surface area is 616 Å². The van der Waals surface area contributed by atoms with E-state index in [-0.39, 0.29) is 60.8 Å². The van der Waals surface area contributed by atoms with Gasteiger partial charge in [-0.25, -0.2) is 9.59 Å².